The maximum absolute atomic E-state index is 11.9. The molecule has 0 radical (unpaired) electrons. The maximum Gasteiger partial charge on any atom is 0.326 e. The fourth-order valence-corrected chi connectivity index (χ4v) is 3.40. The summed E-state index contributed by atoms with van der Waals surface area (Å²) in [6, 6.07) is 0.417. The van der Waals surface area contributed by atoms with Gasteiger partial charge in [0.15, 0.2) is 0 Å². The normalized spacial score (nSPS) is 30.9. The monoisotopic (exact) mass is 268 g/mol. The van der Waals surface area contributed by atoms with Crippen molar-refractivity contribution in [2.75, 3.05) is 0 Å². The number of hydrogen-bond donors (Lipinski definition) is 3. The molecule has 0 aromatic carbocycles. The molecule has 2 unspecified atom stereocenters. The van der Waals surface area contributed by atoms with Gasteiger partial charge in [0.1, 0.15) is 6.04 Å². The number of rotatable bonds is 6. The van der Waals surface area contributed by atoms with Gasteiger partial charge in [0.05, 0.1) is 0 Å². The molecule has 2 saturated heterocycles. The summed E-state index contributed by atoms with van der Waals surface area (Å²) in [6.45, 7) is 1.92. The topological polar surface area (TPSA) is 78.4 Å². The second-order valence-electron chi connectivity index (χ2n) is 5.93. The van der Waals surface area contributed by atoms with Crippen molar-refractivity contribution in [2.24, 2.45) is 5.92 Å². The zero-order chi connectivity index (χ0) is 13.8. The summed E-state index contributed by atoms with van der Waals surface area (Å²) in [5, 5.41) is 15.2. The van der Waals surface area contributed by atoms with E-state index in [2.05, 4.69) is 10.6 Å². The first kappa shape index (κ1) is 14.3. The molecule has 2 heterocycles. The van der Waals surface area contributed by atoms with Gasteiger partial charge < -0.3 is 15.7 Å². The molecule has 2 aliphatic heterocycles. The molecule has 0 aromatic heterocycles. The number of carboxylic acids is 1. The van der Waals surface area contributed by atoms with Crippen LogP contribution in [0.2, 0.25) is 0 Å². The van der Waals surface area contributed by atoms with Gasteiger partial charge in [0.2, 0.25) is 5.91 Å². The molecule has 5 nitrogen and oxygen atoms in total. The molecule has 0 aliphatic carbocycles. The number of amides is 1. The molecular formula is C14H24N2O3. The highest BCUT2D eigenvalue weighted by Gasteiger charge is 2.34. The molecule has 1 amide bonds. The second-order valence-corrected chi connectivity index (χ2v) is 5.93. The van der Waals surface area contributed by atoms with Crippen molar-refractivity contribution in [2.45, 2.75) is 70.0 Å². The van der Waals surface area contributed by atoms with Crippen LogP contribution in [0, 0.1) is 5.92 Å². The Bertz CT molecular complexity index is 334. The first-order chi connectivity index (χ1) is 9.08. The summed E-state index contributed by atoms with van der Waals surface area (Å²) in [4.78, 5) is 22.9. The minimum Gasteiger partial charge on any atom is -0.480 e. The number of carbonyl (C=O) groups excluding carboxylic acids is 1. The van der Waals surface area contributed by atoms with Crippen LogP contribution in [-0.2, 0) is 9.59 Å². The quantitative estimate of drug-likeness (QED) is 0.678. The molecule has 2 fully saturated rings. The van der Waals surface area contributed by atoms with Crippen molar-refractivity contribution in [1.29, 1.82) is 0 Å². The smallest absolute Gasteiger partial charge is 0.326 e. The molecule has 0 aromatic rings. The van der Waals surface area contributed by atoms with Gasteiger partial charge in [-0.1, -0.05) is 13.3 Å². The van der Waals surface area contributed by atoms with Crippen LogP contribution in [0.1, 0.15) is 51.9 Å². The molecule has 2 bridgehead atoms. The van der Waals surface area contributed by atoms with Crippen LogP contribution in [-0.4, -0.2) is 35.1 Å². The van der Waals surface area contributed by atoms with Gasteiger partial charge in [-0.15, -0.1) is 0 Å². The van der Waals surface area contributed by atoms with Gasteiger partial charge in [0, 0.05) is 18.5 Å². The Morgan fingerprint density at radius 3 is 2.47 bits per heavy atom. The predicted octanol–water partition coefficient (Wildman–Crippen LogP) is 1.28. The molecule has 108 valence electrons. The van der Waals surface area contributed by atoms with E-state index in [0.717, 1.165) is 19.3 Å². The van der Waals surface area contributed by atoms with E-state index in [1.165, 1.54) is 12.8 Å². The van der Waals surface area contributed by atoms with Crippen LogP contribution in [0.25, 0.3) is 0 Å². The molecule has 2 aliphatic rings. The Morgan fingerprint density at radius 2 is 1.95 bits per heavy atom. The van der Waals surface area contributed by atoms with Crippen LogP contribution in [0.15, 0.2) is 0 Å². The third-order valence-corrected chi connectivity index (χ3v) is 4.26. The fraction of sp³-hybridized carbons (Fsp3) is 0.857. The fourth-order valence-electron chi connectivity index (χ4n) is 3.40. The minimum atomic E-state index is -0.930. The Hall–Kier alpha value is -1.10. The number of hydrogen-bond acceptors (Lipinski definition) is 3. The number of carboxylic acid groups (broad SMARTS) is 1. The maximum atomic E-state index is 11.9. The van der Waals surface area contributed by atoms with Gasteiger partial charge in [-0.3, -0.25) is 4.79 Å². The Morgan fingerprint density at radius 1 is 1.32 bits per heavy atom. The van der Waals surface area contributed by atoms with Crippen molar-refractivity contribution in [3.8, 4) is 0 Å². The number of aliphatic carboxylic acids is 1. The van der Waals surface area contributed by atoms with Gasteiger partial charge in [-0.25, -0.2) is 4.79 Å². The molecule has 2 rings (SSSR count). The number of piperidine rings is 1. The Labute approximate surface area is 114 Å². The largest absolute Gasteiger partial charge is 0.480 e. The zero-order valence-electron chi connectivity index (χ0n) is 11.5. The van der Waals surface area contributed by atoms with Crippen LogP contribution in [0.5, 0.6) is 0 Å². The van der Waals surface area contributed by atoms with Crippen LogP contribution in [0.4, 0.5) is 0 Å². The van der Waals surface area contributed by atoms with Crippen molar-refractivity contribution in [3.63, 3.8) is 0 Å². The van der Waals surface area contributed by atoms with E-state index in [9.17, 15) is 9.59 Å². The third kappa shape index (κ3) is 3.93. The van der Waals surface area contributed by atoms with Gasteiger partial charge in [-0.05, 0) is 38.0 Å². The standard InChI is InChI=1S/C14H24N2O3/c1-2-3-12(14(18)19)16-13(17)8-9-6-10-4-5-11(7-9)15-10/h9-12,15H,2-8H2,1H3,(H,16,17)(H,18,19)/t9?,10?,11?,12-/m0/s1. The number of nitrogens with one attached hydrogen (secondary N) is 2. The lowest BCUT2D eigenvalue weighted by atomic mass is 9.89. The first-order valence-electron chi connectivity index (χ1n) is 7.36. The van der Waals surface area contributed by atoms with E-state index in [0.29, 0.717) is 30.8 Å². The molecule has 0 spiro atoms. The Kier molecular flexibility index (Phi) is 4.80. The molecule has 0 saturated carbocycles. The first-order valence-corrected chi connectivity index (χ1v) is 7.36. The molecule has 3 atom stereocenters. The molecule has 5 heteroatoms. The lowest BCUT2D eigenvalue weighted by molar-refractivity contribution is -0.142. The summed E-state index contributed by atoms with van der Waals surface area (Å²) in [5.41, 5.74) is 0. The predicted molar refractivity (Wildman–Crippen MR) is 71.8 cm³/mol. The van der Waals surface area contributed by atoms with Crippen molar-refractivity contribution >= 4 is 11.9 Å². The highest BCUT2D eigenvalue weighted by atomic mass is 16.4. The SMILES string of the molecule is CCC[C@H](NC(=O)CC1CC2CCC(C1)N2)C(=O)O. The van der Waals surface area contributed by atoms with Crippen molar-refractivity contribution in [3.05, 3.63) is 0 Å². The average molecular weight is 268 g/mol. The van der Waals surface area contributed by atoms with Gasteiger partial charge >= 0.3 is 5.97 Å². The van der Waals surface area contributed by atoms with E-state index in [1.54, 1.807) is 0 Å². The lowest BCUT2D eigenvalue weighted by Crippen LogP contribution is -2.43. The average Bonchev–Trinajstić information content (AvgIpc) is 2.68. The van der Waals surface area contributed by atoms with E-state index < -0.39 is 12.0 Å². The lowest BCUT2D eigenvalue weighted by Gasteiger charge is -2.29. The molecular weight excluding hydrogens is 244 g/mol. The highest BCUT2D eigenvalue weighted by molar-refractivity contribution is 5.83. The van der Waals surface area contributed by atoms with Gasteiger partial charge in [0.25, 0.3) is 0 Å². The van der Waals surface area contributed by atoms with E-state index in [-0.39, 0.29) is 5.91 Å². The Balaban J connectivity index is 1.78. The van der Waals surface area contributed by atoms with E-state index >= 15 is 0 Å². The number of carbonyl (C=O) groups is 2. The molecule has 19 heavy (non-hydrogen) atoms. The zero-order valence-corrected chi connectivity index (χ0v) is 11.5. The van der Waals surface area contributed by atoms with Crippen molar-refractivity contribution < 1.29 is 14.7 Å². The van der Waals surface area contributed by atoms with E-state index in [4.69, 9.17) is 5.11 Å². The molecule has 3 N–H and O–H groups in total. The van der Waals surface area contributed by atoms with E-state index in [1.807, 2.05) is 6.92 Å². The summed E-state index contributed by atoms with van der Waals surface area (Å²) < 4.78 is 0. The summed E-state index contributed by atoms with van der Waals surface area (Å²) in [7, 11) is 0. The van der Waals surface area contributed by atoms with Crippen LogP contribution < -0.4 is 10.6 Å². The number of fused-ring (bicyclic) bond motifs is 2. The van der Waals surface area contributed by atoms with Crippen molar-refractivity contribution in [1.82, 2.24) is 10.6 Å². The van der Waals surface area contributed by atoms with Crippen LogP contribution >= 0.6 is 0 Å². The second kappa shape index (κ2) is 6.37. The minimum absolute atomic E-state index is 0.104. The highest BCUT2D eigenvalue weighted by Crippen LogP contribution is 2.32. The summed E-state index contributed by atoms with van der Waals surface area (Å²) >= 11 is 0. The summed E-state index contributed by atoms with van der Waals surface area (Å²) in [5.74, 6) is -0.623. The third-order valence-electron chi connectivity index (χ3n) is 4.26. The van der Waals surface area contributed by atoms with Gasteiger partial charge in [-0.2, -0.15) is 0 Å². The summed E-state index contributed by atoms with van der Waals surface area (Å²) in [6.07, 6.45) is 6.27. The van der Waals surface area contributed by atoms with Crippen LogP contribution in [0.3, 0.4) is 0 Å².